The largest absolute Gasteiger partial charge is 0.366 e. The highest BCUT2D eigenvalue weighted by molar-refractivity contribution is 5.92. The van der Waals surface area contributed by atoms with Crippen molar-refractivity contribution < 1.29 is 4.79 Å². The summed E-state index contributed by atoms with van der Waals surface area (Å²) in [5, 5.41) is 0. The van der Waals surface area contributed by atoms with Crippen LogP contribution in [0.2, 0.25) is 0 Å². The standard InChI is InChI=1S/C9H8N4O/c10-9(14)7-1-2-13(5-7)8-3-11-6-12-4-8/h1-6H,(H2,10,14). The Morgan fingerprint density at radius 1 is 1.36 bits per heavy atom. The van der Waals surface area contributed by atoms with Crippen LogP contribution in [0.4, 0.5) is 0 Å². The van der Waals surface area contributed by atoms with E-state index in [1.165, 1.54) is 6.33 Å². The van der Waals surface area contributed by atoms with E-state index in [4.69, 9.17) is 5.73 Å². The maximum atomic E-state index is 10.8. The fourth-order valence-corrected chi connectivity index (χ4v) is 1.13. The van der Waals surface area contributed by atoms with E-state index in [9.17, 15) is 4.79 Å². The molecule has 1 amide bonds. The number of amides is 1. The van der Waals surface area contributed by atoms with Gasteiger partial charge < -0.3 is 10.3 Å². The van der Waals surface area contributed by atoms with Crippen molar-refractivity contribution in [3.05, 3.63) is 42.7 Å². The highest BCUT2D eigenvalue weighted by atomic mass is 16.1. The predicted molar refractivity (Wildman–Crippen MR) is 49.9 cm³/mol. The van der Waals surface area contributed by atoms with Crippen molar-refractivity contribution >= 4 is 5.91 Å². The Morgan fingerprint density at radius 3 is 2.64 bits per heavy atom. The predicted octanol–water partition coefficient (Wildman–Crippen LogP) is 0.366. The number of carbonyl (C=O) groups is 1. The molecule has 0 aliphatic heterocycles. The lowest BCUT2D eigenvalue weighted by Gasteiger charge is -1.98. The molecule has 14 heavy (non-hydrogen) atoms. The average molecular weight is 188 g/mol. The maximum absolute atomic E-state index is 10.8. The summed E-state index contributed by atoms with van der Waals surface area (Å²) in [5.41, 5.74) is 6.38. The first kappa shape index (κ1) is 8.43. The van der Waals surface area contributed by atoms with E-state index in [1.54, 1.807) is 35.4 Å². The molecule has 0 aliphatic rings. The van der Waals surface area contributed by atoms with Crippen LogP contribution in [0.1, 0.15) is 10.4 Å². The van der Waals surface area contributed by atoms with Crippen LogP contribution in [-0.2, 0) is 0 Å². The number of hydrogen-bond donors (Lipinski definition) is 1. The first-order valence-electron chi connectivity index (χ1n) is 4.00. The molecule has 0 saturated heterocycles. The van der Waals surface area contributed by atoms with Crippen LogP contribution in [0, 0.1) is 0 Å². The van der Waals surface area contributed by atoms with Gasteiger partial charge in [-0.2, -0.15) is 0 Å². The second-order valence-electron chi connectivity index (χ2n) is 2.77. The van der Waals surface area contributed by atoms with Crippen molar-refractivity contribution in [3.8, 4) is 5.69 Å². The molecule has 0 fully saturated rings. The van der Waals surface area contributed by atoms with Gasteiger partial charge in [0.15, 0.2) is 0 Å². The third-order valence-corrected chi connectivity index (χ3v) is 1.82. The number of nitrogens with two attached hydrogens (primary N) is 1. The van der Waals surface area contributed by atoms with Gasteiger partial charge >= 0.3 is 0 Å². The van der Waals surface area contributed by atoms with Gasteiger partial charge in [-0.15, -0.1) is 0 Å². The molecule has 2 heterocycles. The normalized spacial score (nSPS) is 10.0. The van der Waals surface area contributed by atoms with Crippen molar-refractivity contribution in [1.29, 1.82) is 0 Å². The van der Waals surface area contributed by atoms with Crippen LogP contribution in [0.15, 0.2) is 37.2 Å². The van der Waals surface area contributed by atoms with Gasteiger partial charge in [0, 0.05) is 12.4 Å². The fourth-order valence-electron chi connectivity index (χ4n) is 1.13. The summed E-state index contributed by atoms with van der Waals surface area (Å²) < 4.78 is 1.74. The molecule has 2 rings (SSSR count). The van der Waals surface area contributed by atoms with Gasteiger partial charge in [0.05, 0.1) is 23.6 Å². The van der Waals surface area contributed by atoms with E-state index in [-0.39, 0.29) is 0 Å². The minimum atomic E-state index is -0.444. The Labute approximate surface area is 80.2 Å². The summed E-state index contributed by atoms with van der Waals surface area (Å²) in [6, 6.07) is 1.65. The van der Waals surface area contributed by atoms with Crippen molar-refractivity contribution in [1.82, 2.24) is 14.5 Å². The zero-order valence-corrected chi connectivity index (χ0v) is 7.29. The molecule has 0 atom stereocenters. The molecule has 5 nitrogen and oxygen atoms in total. The van der Waals surface area contributed by atoms with Crippen LogP contribution in [0.25, 0.3) is 5.69 Å². The van der Waals surface area contributed by atoms with Gasteiger partial charge in [-0.1, -0.05) is 0 Å². The Hall–Kier alpha value is -2.17. The van der Waals surface area contributed by atoms with Crippen molar-refractivity contribution in [2.45, 2.75) is 0 Å². The Kier molecular flexibility index (Phi) is 1.98. The maximum Gasteiger partial charge on any atom is 0.250 e. The third-order valence-electron chi connectivity index (χ3n) is 1.82. The molecule has 0 aromatic carbocycles. The first-order valence-corrected chi connectivity index (χ1v) is 4.00. The summed E-state index contributed by atoms with van der Waals surface area (Å²) in [6.45, 7) is 0. The lowest BCUT2D eigenvalue weighted by Crippen LogP contribution is -2.09. The smallest absolute Gasteiger partial charge is 0.250 e. The monoisotopic (exact) mass is 188 g/mol. The molecule has 0 radical (unpaired) electrons. The number of rotatable bonds is 2. The molecule has 0 aliphatic carbocycles. The Morgan fingerprint density at radius 2 is 2.07 bits per heavy atom. The van der Waals surface area contributed by atoms with E-state index in [0.29, 0.717) is 5.56 Å². The van der Waals surface area contributed by atoms with Crippen LogP contribution in [-0.4, -0.2) is 20.4 Å². The quantitative estimate of drug-likeness (QED) is 0.739. The van der Waals surface area contributed by atoms with E-state index in [2.05, 4.69) is 9.97 Å². The Balaban J connectivity index is 2.39. The van der Waals surface area contributed by atoms with Gasteiger partial charge in [-0.05, 0) is 6.07 Å². The zero-order valence-electron chi connectivity index (χ0n) is 7.29. The van der Waals surface area contributed by atoms with Crippen LogP contribution < -0.4 is 5.73 Å². The van der Waals surface area contributed by atoms with Crippen molar-refractivity contribution in [2.75, 3.05) is 0 Å². The topological polar surface area (TPSA) is 73.8 Å². The third kappa shape index (κ3) is 1.47. The molecular formula is C9H8N4O. The molecule has 0 spiro atoms. The molecule has 5 heteroatoms. The summed E-state index contributed by atoms with van der Waals surface area (Å²) in [4.78, 5) is 18.6. The van der Waals surface area contributed by atoms with Gasteiger partial charge in [-0.3, -0.25) is 4.79 Å². The number of nitrogens with zero attached hydrogens (tertiary/aromatic N) is 3. The van der Waals surface area contributed by atoms with Crippen LogP contribution >= 0.6 is 0 Å². The number of carbonyl (C=O) groups excluding carboxylic acids is 1. The van der Waals surface area contributed by atoms with E-state index >= 15 is 0 Å². The highest BCUT2D eigenvalue weighted by Crippen LogP contribution is 2.07. The molecule has 0 unspecified atom stereocenters. The van der Waals surface area contributed by atoms with Gasteiger partial charge in [0.2, 0.25) is 5.91 Å². The lowest BCUT2D eigenvalue weighted by atomic mass is 10.3. The Bertz CT molecular complexity index is 449. The van der Waals surface area contributed by atoms with Crippen LogP contribution in [0.5, 0.6) is 0 Å². The van der Waals surface area contributed by atoms with E-state index < -0.39 is 5.91 Å². The van der Waals surface area contributed by atoms with Crippen LogP contribution in [0.3, 0.4) is 0 Å². The molecule has 2 aromatic rings. The van der Waals surface area contributed by atoms with E-state index in [1.807, 2.05) is 0 Å². The molecular weight excluding hydrogens is 180 g/mol. The molecule has 0 bridgehead atoms. The molecule has 2 aromatic heterocycles. The SMILES string of the molecule is NC(=O)c1ccn(-c2cncnc2)c1. The second kappa shape index (κ2) is 3.29. The van der Waals surface area contributed by atoms with Gasteiger partial charge in [0.25, 0.3) is 0 Å². The van der Waals surface area contributed by atoms with Gasteiger partial charge in [0.1, 0.15) is 6.33 Å². The summed E-state index contributed by atoms with van der Waals surface area (Å²) in [6.07, 6.45) is 8.12. The zero-order chi connectivity index (χ0) is 9.97. The number of hydrogen-bond acceptors (Lipinski definition) is 3. The number of aromatic nitrogens is 3. The minimum absolute atomic E-state index is 0.444. The minimum Gasteiger partial charge on any atom is -0.366 e. The number of primary amides is 1. The van der Waals surface area contributed by atoms with E-state index in [0.717, 1.165) is 5.69 Å². The molecule has 70 valence electrons. The summed E-state index contributed by atoms with van der Waals surface area (Å²) in [5.74, 6) is -0.444. The highest BCUT2D eigenvalue weighted by Gasteiger charge is 2.03. The van der Waals surface area contributed by atoms with Crippen molar-refractivity contribution in [3.63, 3.8) is 0 Å². The lowest BCUT2D eigenvalue weighted by molar-refractivity contribution is 0.100. The summed E-state index contributed by atoms with van der Waals surface area (Å²) in [7, 11) is 0. The average Bonchev–Trinajstić information content (AvgIpc) is 2.68. The molecule has 0 saturated carbocycles. The van der Waals surface area contributed by atoms with Crippen molar-refractivity contribution in [2.24, 2.45) is 5.73 Å². The summed E-state index contributed by atoms with van der Waals surface area (Å²) >= 11 is 0. The molecule has 2 N–H and O–H groups in total. The fraction of sp³-hybridized carbons (Fsp3) is 0. The van der Waals surface area contributed by atoms with Gasteiger partial charge in [-0.25, -0.2) is 9.97 Å². The second-order valence-corrected chi connectivity index (χ2v) is 2.77. The first-order chi connectivity index (χ1) is 6.77.